The summed E-state index contributed by atoms with van der Waals surface area (Å²) in [6, 6.07) is 0. The van der Waals surface area contributed by atoms with Crippen molar-refractivity contribution in [3.63, 3.8) is 0 Å². The van der Waals surface area contributed by atoms with E-state index in [1.54, 1.807) is 0 Å². The Hall–Kier alpha value is -0.570. The van der Waals surface area contributed by atoms with Crippen LogP contribution < -0.4 is 0 Å². The first-order valence-electron chi connectivity index (χ1n) is 8.50. The van der Waals surface area contributed by atoms with Crippen LogP contribution in [-0.2, 0) is 5.41 Å². The van der Waals surface area contributed by atoms with Gasteiger partial charge in [-0.2, -0.15) is 4.98 Å². The molecule has 4 aliphatic rings. The van der Waals surface area contributed by atoms with Gasteiger partial charge in [0.05, 0.1) is 10.8 Å². The second-order valence-electron chi connectivity index (χ2n) is 8.27. The highest BCUT2D eigenvalue weighted by atomic mass is 35.5. The van der Waals surface area contributed by atoms with E-state index >= 15 is 0 Å². The molecule has 0 aromatic carbocycles. The van der Waals surface area contributed by atoms with Crippen LogP contribution in [0.5, 0.6) is 0 Å². The molecule has 21 heavy (non-hydrogen) atoms. The van der Waals surface area contributed by atoms with E-state index in [2.05, 4.69) is 19.0 Å². The molecule has 116 valence electrons. The maximum Gasteiger partial charge on any atom is 0.232 e. The molecule has 4 aliphatic carbocycles. The number of alkyl halides is 1. The maximum atomic E-state index is 6.37. The summed E-state index contributed by atoms with van der Waals surface area (Å²) in [5, 5.41) is 4.10. The molecule has 4 heteroatoms. The zero-order chi connectivity index (χ0) is 14.7. The van der Waals surface area contributed by atoms with Crippen molar-refractivity contribution in [2.75, 3.05) is 0 Å². The molecule has 1 aromatic rings. The van der Waals surface area contributed by atoms with Crippen molar-refractivity contribution in [1.29, 1.82) is 0 Å². The predicted molar refractivity (Wildman–Crippen MR) is 82.3 cm³/mol. The standard InChI is InChI=1S/C17H25ClN2O/c1-3-4-13(18)14-19-15(21-20-14)17-8-11-5-12(9-17)7-16(2,6-11)10-17/h11-13H,3-10H2,1-2H3. The quantitative estimate of drug-likeness (QED) is 0.734. The van der Waals surface area contributed by atoms with Crippen molar-refractivity contribution < 1.29 is 4.52 Å². The first-order valence-corrected chi connectivity index (χ1v) is 8.94. The Morgan fingerprint density at radius 2 is 2.00 bits per heavy atom. The van der Waals surface area contributed by atoms with Crippen LogP contribution in [0.15, 0.2) is 4.52 Å². The molecule has 3 unspecified atom stereocenters. The number of hydrogen-bond acceptors (Lipinski definition) is 3. The van der Waals surface area contributed by atoms with E-state index in [4.69, 9.17) is 21.1 Å². The summed E-state index contributed by atoms with van der Waals surface area (Å²) in [4.78, 5) is 4.74. The topological polar surface area (TPSA) is 38.9 Å². The van der Waals surface area contributed by atoms with Crippen LogP contribution in [0.1, 0.15) is 82.3 Å². The molecule has 4 fully saturated rings. The fourth-order valence-electron chi connectivity index (χ4n) is 5.93. The molecule has 0 N–H and O–H groups in total. The number of nitrogens with zero attached hydrogens (tertiary/aromatic N) is 2. The number of halogens is 1. The summed E-state index contributed by atoms with van der Waals surface area (Å²) in [7, 11) is 0. The third kappa shape index (κ3) is 2.23. The molecule has 3 atom stereocenters. The van der Waals surface area contributed by atoms with Gasteiger partial charge < -0.3 is 4.52 Å². The van der Waals surface area contributed by atoms with Crippen LogP contribution in [0.25, 0.3) is 0 Å². The summed E-state index contributed by atoms with van der Waals surface area (Å²) >= 11 is 6.37. The second-order valence-corrected chi connectivity index (χ2v) is 8.79. The minimum Gasteiger partial charge on any atom is -0.339 e. The normalized spacial score (nSPS) is 42.4. The lowest BCUT2D eigenvalue weighted by Gasteiger charge is -2.59. The van der Waals surface area contributed by atoms with Crippen molar-refractivity contribution in [3.8, 4) is 0 Å². The molecule has 4 bridgehead atoms. The van der Waals surface area contributed by atoms with E-state index in [-0.39, 0.29) is 10.8 Å². The Morgan fingerprint density at radius 3 is 2.62 bits per heavy atom. The number of rotatable bonds is 4. The smallest absolute Gasteiger partial charge is 0.232 e. The molecule has 0 radical (unpaired) electrons. The van der Waals surface area contributed by atoms with Gasteiger partial charge in [-0.05, 0) is 62.2 Å². The first-order chi connectivity index (χ1) is 10.0. The van der Waals surface area contributed by atoms with Crippen molar-refractivity contribution in [3.05, 3.63) is 11.7 Å². The molecule has 5 rings (SSSR count). The number of hydrogen-bond donors (Lipinski definition) is 0. The predicted octanol–water partition coefficient (Wildman–Crippen LogP) is 5.01. The molecule has 4 saturated carbocycles. The summed E-state index contributed by atoms with van der Waals surface area (Å²) < 4.78 is 5.72. The maximum absolute atomic E-state index is 6.37. The van der Waals surface area contributed by atoms with E-state index in [1.807, 2.05) is 0 Å². The van der Waals surface area contributed by atoms with Crippen LogP contribution >= 0.6 is 11.6 Å². The van der Waals surface area contributed by atoms with Crippen molar-refractivity contribution >= 4 is 11.6 Å². The fourth-order valence-corrected chi connectivity index (χ4v) is 6.24. The van der Waals surface area contributed by atoms with Crippen molar-refractivity contribution in [2.24, 2.45) is 17.3 Å². The van der Waals surface area contributed by atoms with Gasteiger partial charge in [-0.25, -0.2) is 0 Å². The van der Waals surface area contributed by atoms with Gasteiger partial charge in [-0.15, -0.1) is 11.6 Å². The van der Waals surface area contributed by atoms with E-state index in [1.165, 1.54) is 38.5 Å². The van der Waals surface area contributed by atoms with E-state index in [9.17, 15) is 0 Å². The van der Waals surface area contributed by atoms with Crippen LogP contribution in [0.3, 0.4) is 0 Å². The lowest BCUT2D eigenvalue weighted by molar-refractivity contribution is -0.0724. The molecule has 0 aliphatic heterocycles. The molecule has 0 saturated heterocycles. The Kier molecular flexibility index (Phi) is 3.15. The average Bonchev–Trinajstić information content (AvgIpc) is 2.86. The zero-order valence-electron chi connectivity index (χ0n) is 13.1. The van der Waals surface area contributed by atoms with Gasteiger partial charge in [-0.3, -0.25) is 0 Å². The van der Waals surface area contributed by atoms with Crippen LogP contribution in [0, 0.1) is 17.3 Å². The number of aromatic nitrogens is 2. The van der Waals surface area contributed by atoms with Crippen LogP contribution in [-0.4, -0.2) is 10.1 Å². The lowest BCUT2D eigenvalue weighted by atomic mass is 9.44. The average molecular weight is 309 g/mol. The van der Waals surface area contributed by atoms with Crippen LogP contribution in [0.4, 0.5) is 0 Å². The molecule has 3 nitrogen and oxygen atoms in total. The Labute approximate surface area is 131 Å². The van der Waals surface area contributed by atoms with Crippen molar-refractivity contribution in [1.82, 2.24) is 10.1 Å². The summed E-state index contributed by atoms with van der Waals surface area (Å²) in [6.45, 7) is 4.61. The second kappa shape index (κ2) is 4.71. The van der Waals surface area contributed by atoms with Crippen LogP contribution in [0.2, 0.25) is 0 Å². The Bertz CT molecular complexity index is 527. The minimum absolute atomic E-state index is 0.100. The molecule has 1 heterocycles. The fraction of sp³-hybridized carbons (Fsp3) is 0.882. The monoisotopic (exact) mass is 308 g/mol. The highest BCUT2D eigenvalue weighted by molar-refractivity contribution is 6.20. The Morgan fingerprint density at radius 1 is 1.29 bits per heavy atom. The van der Waals surface area contributed by atoms with Gasteiger partial charge in [0.2, 0.25) is 5.89 Å². The molecule has 1 aromatic heterocycles. The largest absolute Gasteiger partial charge is 0.339 e. The third-order valence-electron chi connectivity index (χ3n) is 6.07. The summed E-state index contributed by atoms with van der Waals surface area (Å²) in [6.07, 6.45) is 9.92. The highest BCUT2D eigenvalue weighted by Gasteiger charge is 2.58. The summed E-state index contributed by atoms with van der Waals surface area (Å²) in [5.41, 5.74) is 0.662. The van der Waals surface area contributed by atoms with Gasteiger partial charge in [0.25, 0.3) is 0 Å². The van der Waals surface area contributed by atoms with E-state index in [0.717, 1.165) is 30.6 Å². The van der Waals surface area contributed by atoms with E-state index in [0.29, 0.717) is 11.2 Å². The molecular weight excluding hydrogens is 284 g/mol. The van der Waals surface area contributed by atoms with E-state index < -0.39 is 0 Å². The van der Waals surface area contributed by atoms with Gasteiger partial charge in [0.1, 0.15) is 0 Å². The zero-order valence-corrected chi connectivity index (χ0v) is 13.8. The third-order valence-corrected chi connectivity index (χ3v) is 6.48. The van der Waals surface area contributed by atoms with Gasteiger partial charge in [0, 0.05) is 0 Å². The molecule has 0 amide bonds. The van der Waals surface area contributed by atoms with Gasteiger partial charge in [-0.1, -0.05) is 25.4 Å². The minimum atomic E-state index is -0.100. The van der Waals surface area contributed by atoms with Gasteiger partial charge >= 0.3 is 0 Å². The Balaban J connectivity index is 1.64. The van der Waals surface area contributed by atoms with Gasteiger partial charge in [0.15, 0.2) is 5.82 Å². The SMILES string of the molecule is CCCC(Cl)c1noc(C23CC4CC(CC(C)(C4)C2)C3)n1. The summed E-state index contributed by atoms with van der Waals surface area (Å²) in [5.74, 6) is 3.33. The molecular formula is C17H25ClN2O. The lowest BCUT2D eigenvalue weighted by Crippen LogP contribution is -2.53. The first kappa shape index (κ1) is 14.0. The molecule has 0 spiro atoms. The highest BCUT2D eigenvalue weighted by Crippen LogP contribution is 2.65. The van der Waals surface area contributed by atoms with Crippen molar-refractivity contribution in [2.45, 2.75) is 76.0 Å².